The molecule has 0 spiro atoms. The van der Waals surface area contributed by atoms with Gasteiger partial charge in [-0.25, -0.2) is 0 Å². The number of hydrogen-bond acceptors (Lipinski definition) is 3. The van der Waals surface area contributed by atoms with Crippen molar-refractivity contribution in [2.24, 2.45) is 5.73 Å². The molecule has 0 amide bonds. The van der Waals surface area contributed by atoms with E-state index in [1.807, 2.05) is 32.3 Å². The standard InChI is InChI=1S/C12H19ClN2O/c1-15(2)7-8-16-12-4-3-11(13)9-10(12)5-6-14/h3-4,9H,5-8,14H2,1-2H3. The van der Waals surface area contributed by atoms with Gasteiger partial charge in [-0.2, -0.15) is 0 Å². The summed E-state index contributed by atoms with van der Waals surface area (Å²) in [6.07, 6.45) is 0.790. The van der Waals surface area contributed by atoms with E-state index >= 15 is 0 Å². The van der Waals surface area contributed by atoms with Gasteiger partial charge < -0.3 is 15.4 Å². The minimum absolute atomic E-state index is 0.602. The van der Waals surface area contributed by atoms with Crippen molar-refractivity contribution in [3.63, 3.8) is 0 Å². The molecule has 0 fully saturated rings. The largest absolute Gasteiger partial charge is 0.492 e. The van der Waals surface area contributed by atoms with Crippen LogP contribution in [0.1, 0.15) is 5.56 Å². The Bertz CT molecular complexity index is 329. The second kappa shape index (κ2) is 6.74. The van der Waals surface area contributed by atoms with Gasteiger partial charge in [0.25, 0.3) is 0 Å². The molecular formula is C12H19ClN2O. The maximum Gasteiger partial charge on any atom is 0.122 e. The first-order valence-corrected chi connectivity index (χ1v) is 5.77. The molecule has 0 saturated carbocycles. The summed E-state index contributed by atoms with van der Waals surface area (Å²) in [6.45, 7) is 2.17. The van der Waals surface area contributed by atoms with Gasteiger partial charge in [-0.05, 0) is 50.8 Å². The van der Waals surface area contributed by atoms with Gasteiger partial charge >= 0.3 is 0 Å². The third-order valence-electron chi connectivity index (χ3n) is 2.23. The van der Waals surface area contributed by atoms with Gasteiger partial charge in [-0.3, -0.25) is 0 Å². The highest BCUT2D eigenvalue weighted by Crippen LogP contribution is 2.23. The minimum Gasteiger partial charge on any atom is -0.492 e. The normalized spacial score (nSPS) is 10.8. The fraction of sp³-hybridized carbons (Fsp3) is 0.500. The van der Waals surface area contributed by atoms with E-state index in [2.05, 4.69) is 4.90 Å². The molecule has 0 aliphatic carbocycles. The number of nitrogens with two attached hydrogens (primary N) is 1. The van der Waals surface area contributed by atoms with Gasteiger partial charge in [-0.15, -0.1) is 0 Å². The summed E-state index contributed by atoms with van der Waals surface area (Å²) in [4.78, 5) is 2.08. The first kappa shape index (κ1) is 13.3. The molecule has 0 aliphatic rings. The van der Waals surface area contributed by atoms with Crippen LogP contribution in [0, 0.1) is 0 Å². The average molecular weight is 243 g/mol. The van der Waals surface area contributed by atoms with E-state index in [1.165, 1.54) is 0 Å². The number of halogens is 1. The van der Waals surface area contributed by atoms with Gasteiger partial charge in [-0.1, -0.05) is 11.6 Å². The summed E-state index contributed by atoms with van der Waals surface area (Å²) in [6, 6.07) is 5.66. The Morgan fingerprint density at radius 2 is 2.12 bits per heavy atom. The van der Waals surface area contributed by atoms with E-state index in [0.717, 1.165) is 29.3 Å². The monoisotopic (exact) mass is 242 g/mol. The molecule has 0 saturated heterocycles. The van der Waals surface area contributed by atoms with Crippen molar-refractivity contribution in [3.8, 4) is 5.75 Å². The van der Waals surface area contributed by atoms with E-state index in [0.29, 0.717) is 13.2 Å². The lowest BCUT2D eigenvalue weighted by atomic mass is 10.1. The van der Waals surface area contributed by atoms with Crippen molar-refractivity contribution in [1.29, 1.82) is 0 Å². The van der Waals surface area contributed by atoms with Gasteiger partial charge in [0.1, 0.15) is 12.4 Å². The predicted octanol–water partition coefficient (Wildman–Crippen LogP) is 1.78. The fourth-order valence-corrected chi connectivity index (χ4v) is 1.57. The Hall–Kier alpha value is -0.770. The van der Waals surface area contributed by atoms with Crippen molar-refractivity contribution in [3.05, 3.63) is 28.8 Å². The van der Waals surface area contributed by atoms with Crippen molar-refractivity contribution < 1.29 is 4.74 Å². The Labute approximate surface area is 102 Å². The van der Waals surface area contributed by atoms with Crippen LogP contribution < -0.4 is 10.5 Å². The van der Waals surface area contributed by atoms with Crippen molar-refractivity contribution >= 4 is 11.6 Å². The van der Waals surface area contributed by atoms with Gasteiger partial charge in [0.2, 0.25) is 0 Å². The summed E-state index contributed by atoms with van der Waals surface area (Å²) in [5, 5.41) is 0.725. The summed E-state index contributed by atoms with van der Waals surface area (Å²) in [5.74, 6) is 0.886. The highest BCUT2D eigenvalue weighted by Gasteiger charge is 2.04. The van der Waals surface area contributed by atoms with Crippen LogP contribution in [0.3, 0.4) is 0 Å². The molecule has 0 aromatic heterocycles. The molecule has 1 rings (SSSR count). The molecule has 0 radical (unpaired) electrons. The van der Waals surface area contributed by atoms with Crippen LogP contribution in [-0.2, 0) is 6.42 Å². The van der Waals surface area contributed by atoms with Crippen molar-refractivity contribution in [2.75, 3.05) is 33.8 Å². The van der Waals surface area contributed by atoms with Crippen LogP contribution in [0.4, 0.5) is 0 Å². The third kappa shape index (κ3) is 4.39. The zero-order valence-corrected chi connectivity index (χ0v) is 10.6. The quantitative estimate of drug-likeness (QED) is 0.827. The van der Waals surface area contributed by atoms with Gasteiger partial charge in [0.05, 0.1) is 0 Å². The van der Waals surface area contributed by atoms with Crippen LogP contribution in [0.15, 0.2) is 18.2 Å². The lowest BCUT2D eigenvalue weighted by Gasteiger charge is -2.14. The second-order valence-corrected chi connectivity index (χ2v) is 4.38. The molecule has 3 nitrogen and oxygen atoms in total. The zero-order chi connectivity index (χ0) is 12.0. The minimum atomic E-state index is 0.602. The Kier molecular flexibility index (Phi) is 5.60. The lowest BCUT2D eigenvalue weighted by Crippen LogP contribution is -2.20. The Morgan fingerprint density at radius 3 is 2.75 bits per heavy atom. The highest BCUT2D eigenvalue weighted by atomic mass is 35.5. The van der Waals surface area contributed by atoms with E-state index in [9.17, 15) is 0 Å². The van der Waals surface area contributed by atoms with E-state index in [1.54, 1.807) is 0 Å². The Balaban J connectivity index is 2.63. The number of hydrogen-bond donors (Lipinski definition) is 1. The maximum atomic E-state index is 5.93. The summed E-state index contributed by atoms with van der Waals surface area (Å²) in [5.41, 5.74) is 6.63. The predicted molar refractivity (Wildman–Crippen MR) is 68.3 cm³/mol. The molecule has 0 bridgehead atoms. The first-order chi connectivity index (χ1) is 7.63. The first-order valence-electron chi connectivity index (χ1n) is 5.39. The average Bonchev–Trinajstić information content (AvgIpc) is 2.21. The fourth-order valence-electron chi connectivity index (χ4n) is 1.38. The number of benzene rings is 1. The summed E-state index contributed by atoms with van der Waals surface area (Å²) >= 11 is 5.93. The van der Waals surface area contributed by atoms with Crippen LogP contribution >= 0.6 is 11.6 Å². The van der Waals surface area contributed by atoms with Gasteiger partial charge in [0.15, 0.2) is 0 Å². The molecule has 0 heterocycles. The maximum absolute atomic E-state index is 5.93. The topological polar surface area (TPSA) is 38.5 Å². The van der Waals surface area contributed by atoms with E-state index in [-0.39, 0.29) is 0 Å². The van der Waals surface area contributed by atoms with Crippen LogP contribution in [-0.4, -0.2) is 38.7 Å². The molecule has 16 heavy (non-hydrogen) atoms. The van der Waals surface area contributed by atoms with Crippen LogP contribution in [0.25, 0.3) is 0 Å². The molecule has 2 N–H and O–H groups in total. The summed E-state index contributed by atoms with van der Waals surface area (Å²) < 4.78 is 5.70. The van der Waals surface area contributed by atoms with Gasteiger partial charge in [0, 0.05) is 11.6 Å². The van der Waals surface area contributed by atoms with E-state index in [4.69, 9.17) is 22.1 Å². The molecule has 1 aromatic carbocycles. The highest BCUT2D eigenvalue weighted by molar-refractivity contribution is 6.30. The third-order valence-corrected chi connectivity index (χ3v) is 2.47. The number of nitrogens with zero attached hydrogens (tertiary/aromatic N) is 1. The summed E-state index contributed by atoms with van der Waals surface area (Å²) in [7, 11) is 4.04. The van der Waals surface area contributed by atoms with Crippen molar-refractivity contribution in [1.82, 2.24) is 4.90 Å². The SMILES string of the molecule is CN(C)CCOc1ccc(Cl)cc1CCN. The molecular weight excluding hydrogens is 224 g/mol. The smallest absolute Gasteiger partial charge is 0.122 e. The zero-order valence-electron chi connectivity index (χ0n) is 9.87. The van der Waals surface area contributed by atoms with Crippen LogP contribution in [0.5, 0.6) is 5.75 Å². The van der Waals surface area contributed by atoms with Crippen LogP contribution in [0.2, 0.25) is 5.02 Å². The number of ether oxygens (including phenoxy) is 1. The van der Waals surface area contributed by atoms with E-state index < -0.39 is 0 Å². The lowest BCUT2D eigenvalue weighted by molar-refractivity contribution is 0.259. The number of likely N-dealkylation sites (N-methyl/N-ethyl adjacent to an activating group) is 1. The molecule has 1 aromatic rings. The Morgan fingerprint density at radius 1 is 1.38 bits per heavy atom. The van der Waals surface area contributed by atoms with Crippen molar-refractivity contribution in [2.45, 2.75) is 6.42 Å². The molecule has 0 aliphatic heterocycles. The molecule has 90 valence electrons. The molecule has 0 unspecified atom stereocenters. The molecule has 0 atom stereocenters. The number of rotatable bonds is 6. The molecule has 4 heteroatoms. The second-order valence-electron chi connectivity index (χ2n) is 3.94.